The summed E-state index contributed by atoms with van der Waals surface area (Å²) in [6, 6.07) is 11.7. The lowest BCUT2D eigenvalue weighted by atomic mass is 10.1. The number of hydrogen-bond acceptors (Lipinski definition) is 1. The molecule has 0 aliphatic carbocycles. The standard InChI is InChI=1S/C15H17NO2/c1-2-9-16-10-8-13(15(17)18)14(16)11-12-6-4-3-5-7-12/h3-8,10H,2,9,11H2,1H3,(H,17,18). The van der Waals surface area contributed by atoms with Gasteiger partial charge in [0, 0.05) is 24.9 Å². The molecule has 0 atom stereocenters. The molecule has 1 N–H and O–H groups in total. The average Bonchev–Trinajstić information content (AvgIpc) is 2.74. The van der Waals surface area contributed by atoms with Gasteiger partial charge in [0.2, 0.25) is 0 Å². The predicted molar refractivity (Wildman–Crippen MR) is 70.9 cm³/mol. The van der Waals surface area contributed by atoms with E-state index in [1.807, 2.05) is 41.1 Å². The Hall–Kier alpha value is -2.03. The van der Waals surface area contributed by atoms with Gasteiger partial charge in [0.25, 0.3) is 0 Å². The molecule has 0 fully saturated rings. The minimum absolute atomic E-state index is 0.410. The Bertz CT molecular complexity index is 529. The normalized spacial score (nSPS) is 10.5. The number of aromatic nitrogens is 1. The number of rotatable bonds is 5. The zero-order chi connectivity index (χ0) is 13.0. The molecule has 0 bridgehead atoms. The number of nitrogens with zero attached hydrogens (tertiary/aromatic N) is 1. The first-order valence-corrected chi connectivity index (χ1v) is 6.17. The Morgan fingerprint density at radius 2 is 1.94 bits per heavy atom. The molecule has 1 aromatic carbocycles. The molecule has 0 amide bonds. The molecule has 18 heavy (non-hydrogen) atoms. The van der Waals surface area contributed by atoms with Crippen LogP contribution in [0.2, 0.25) is 0 Å². The zero-order valence-corrected chi connectivity index (χ0v) is 10.5. The van der Waals surface area contributed by atoms with Crippen molar-refractivity contribution >= 4 is 5.97 Å². The molecular formula is C15H17NO2. The molecule has 3 nitrogen and oxygen atoms in total. The first-order valence-electron chi connectivity index (χ1n) is 6.17. The van der Waals surface area contributed by atoms with Crippen LogP contribution in [0.25, 0.3) is 0 Å². The molecule has 0 saturated carbocycles. The van der Waals surface area contributed by atoms with E-state index in [1.54, 1.807) is 6.07 Å². The van der Waals surface area contributed by atoms with Gasteiger partial charge in [-0.3, -0.25) is 0 Å². The topological polar surface area (TPSA) is 42.2 Å². The molecule has 0 spiro atoms. The molecule has 0 unspecified atom stereocenters. The number of aromatic carboxylic acids is 1. The minimum atomic E-state index is -0.851. The Labute approximate surface area is 107 Å². The summed E-state index contributed by atoms with van der Waals surface area (Å²) in [6.07, 6.45) is 3.52. The van der Waals surface area contributed by atoms with Crippen molar-refractivity contribution in [3.05, 3.63) is 59.4 Å². The third-order valence-electron chi connectivity index (χ3n) is 2.99. The highest BCUT2D eigenvalue weighted by Crippen LogP contribution is 2.17. The van der Waals surface area contributed by atoms with Gasteiger partial charge >= 0.3 is 5.97 Å². The minimum Gasteiger partial charge on any atom is -0.478 e. The average molecular weight is 243 g/mol. The van der Waals surface area contributed by atoms with Gasteiger partial charge in [0.05, 0.1) is 5.56 Å². The third-order valence-corrected chi connectivity index (χ3v) is 2.99. The van der Waals surface area contributed by atoms with Crippen LogP contribution in [0.4, 0.5) is 0 Å². The molecule has 0 saturated heterocycles. The summed E-state index contributed by atoms with van der Waals surface area (Å²) in [5, 5.41) is 9.21. The maximum absolute atomic E-state index is 11.2. The van der Waals surface area contributed by atoms with Crippen LogP contribution in [-0.2, 0) is 13.0 Å². The Morgan fingerprint density at radius 1 is 1.22 bits per heavy atom. The van der Waals surface area contributed by atoms with Gasteiger partial charge in [0.1, 0.15) is 0 Å². The lowest BCUT2D eigenvalue weighted by Crippen LogP contribution is -2.07. The van der Waals surface area contributed by atoms with E-state index in [0.29, 0.717) is 12.0 Å². The molecule has 1 aromatic heterocycles. The van der Waals surface area contributed by atoms with E-state index in [1.165, 1.54) is 0 Å². The van der Waals surface area contributed by atoms with Crippen molar-refractivity contribution in [2.45, 2.75) is 26.3 Å². The number of carbonyl (C=O) groups is 1. The fraction of sp³-hybridized carbons (Fsp3) is 0.267. The molecule has 2 rings (SSSR count). The van der Waals surface area contributed by atoms with E-state index in [2.05, 4.69) is 6.92 Å². The van der Waals surface area contributed by atoms with Gasteiger partial charge in [-0.15, -0.1) is 0 Å². The van der Waals surface area contributed by atoms with Crippen LogP contribution in [0.1, 0.15) is 35.0 Å². The fourth-order valence-corrected chi connectivity index (χ4v) is 2.14. The van der Waals surface area contributed by atoms with Crippen molar-refractivity contribution in [3.63, 3.8) is 0 Å². The highest BCUT2D eigenvalue weighted by Gasteiger charge is 2.14. The van der Waals surface area contributed by atoms with Crippen molar-refractivity contribution in [3.8, 4) is 0 Å². The van der Waals surface area contributed by atoms with Crippen LogP contribution in [0.15, 0.2) is 42.6 Å². The van der Waals surface area contributed by atoms with Gasteiger partial charge in [-0.1, -0.05) is 37.3 Å². The summed E-state index contributed by atoms with van der Waals surface area (Å²) in [5.74, 6) is -0.851. The van der Waals surface area contributed by atoms with Gasteiger partial charge < -0.3 is 9.67 Å². The van der Waals surface area contributed by atoms with Gasteiger partial charge in [-0.25, -0.2) is 4.79 Å². The van der Waals surface area contributed by atoms with Gasteiger partial charge in [0.15, 0.2) is 0 Å². The molecule has 0 aliphatic rings. The molecule has 2 aromatic rings. The van der Waals surface area contributed by atoms with Crippen molar-refractivity contribution in [1.82, 2.24) is 4.57 Å². The van der Waals surface area contributed by atoms with Gasteiger partial charge in [-0.2, -0.15) is 0 Å². The van der Waals surface area contributed by atoms with E-state index < -0.39 is 5.97 Å². The van der Waals surface area contributed by atoms with Crippen molar-refractivity contribution < 1.29 is 9.90 Å². The Morgan fingerprint density at radius 3 is 2.56 bits per heavy atom. The van der Waals surface area contributed by atoms with Crippen LogP contribution >= 0.6 is 0 Å². The molecule has 0 aliphatic heterocycles. The third kappa shape index (κ3) is 2.62. The van der Waals surface area contributed by atoms with Crippen LogP contribution < -0.4 is 0 Å². The van der Waals surface area contributed by atoms with Crippen LogP contribution in [0.5, 0.6) is 0 Å². The fourth-order valence-electron chi connectivity index (χ4n) is 2.14. The molecule has 94 valence electrons. The zero-order valence-electron chi connectivity index (χ0n) is 10.5. The monoisotopic (exact) mass is 243 g/mol. The van der Waals surface area contributed by atoms with Crippen LogP contribution in [0.3, 0.4) is 0 Å². The summed E-state index contributed by atoms with van der Waals surface area (Å²) in [6.45, 7) is 2.95. The molecule has 0 radical (unpaired) electrons. The SMILES string of the molecule is CCCn1ccc(C(=O)O)c1Cc1ccccc1. The number of hydrogen-bond donors (Lipinski definition) is 1. The summed E-state index contributed by atoms with van der Waals surface area (Å²) in [5.41, 5.74) is 2.43. The first-order chi connectivity index (χ1) is 8.72. The molecule has 3 heteroatoms. The van der Waals surface area contributed by atoms with E-state index in [4.69, 9.17) is 0 Å². The second-order valence-electron chi connectivity index (χ2n) is 4.34. The number of carboxylic acids is 1. The summed E-state index contributed by atoms with van der Waals surface area (Å²) < 4.78 is 2.04. The maximum atomic E-state index is 11.2. The van der Waals surface area contributed by atoms with Crippen LogP contribution in [0, 0.1) is 0 Å². The molecular weight excluding hydrogens is 226 g/mol. The Balaban J connectivity index is 2.34. The summed E-state index contributed by atoms with van der Waals surface area (Å²) >= 11 is 0. The second-order valence-corrected chi connectivity index (χ2v) is 4.34. The van der Waals surface area contributed by atoms with Crippen molar-refractivity contribution in [1.29, 1.82) is 0 Å². The van der Waals surface area contributed by atoms with E-state index in [0.717, 1.165) is 24.2 Å². The quantitative estimate of drug-likeness (QED) is 0.876. The largest absolute Gasteiger partial charge is 0.478 e. The van der Waals surface area contributed by atoms with E-state index in [9.17, 15) is 9.90 Å². The Kier molecular flexibility index (Phi) is 3.82. The lowest BCUT2D eigenvalue weighted by molar-refractivity contribution is 0.0695. The number of benzene rings is 1. The van der Waals surface area contributed by atoms with Crippen LogP contribution in [-0.4, -0.2) is 15.6 Å². The highest BCUT2D eigenvalue weighted by molar-refractivity contribution is 5.89. The summed E-state index contributed by atoms with van der Waals surface area (Å²) in [7, 11) is 0. The van der Waals surface area contributed by atoms with Crippen molar-refractivity contribution in [2.75, 3.05) is 0 Å². The predicted octanol–water partition coefficient (Wildman–Crippen LogP) is 3.19. The smallest absolute Gasteiger partial charge is 0.337 e. The number of aryl methyl sites for hydroxylation is 1. The molecule has 1 heterocycles. The first kappa shape index (κ1) is 12.4. The number of carboxylic acid groups (broad SMARTS) is 1. The van der Waals surface area contributed by atoms with Crippen molar-refractivity contribution in [2.24, 2.45) is 0 Å². The van der Waals surface area contributed by atoms with E-state index >= 15 is 0 Å². The maximum Gasteiger partial charge on any atom is 0.337 e. The second kappa shape index (κ2) is 5.54. The van der Waals surface area contributed by atoms with Gasteiger partial charge in [-0.05, 0) is 18.1 Å². The van der Waals surface area contributed by atoms with E-state index in [-0.39, 0.29) is 0 Å². The lowest BCUT2D eigenvalue weighted by Gasteiger charge is -2.09. The highest BCUT2D eigenvalue weighted by atomic mass is 16.4. The summed E-state index contributed by atoms with van der Waals surface area (Å²) in [4.78, 5) is 11.2.